The van der Waals surface area contributed by atoms with Crippen LogP contribution >= 0.6 is 0 Å². The fourth-order valence-electron chi connectivity index (χ4n) is 3.59. The molecule has 0 saturated heterocycles. The predicted molar refractivity (Wildman–Crippen MR) is 153 cm³/mol. The van der Waals surface area contributed by atoms with Gasteiger partial charge < -0.3 is 20.4 Å². The van der Waals surface area contributed by atoms with Gasteiger partial charge in [-0.1, -0.05) is 35.7 Å². The van der Waals surface area contributed by atoms with Gasteiger partial charge in [0.25, 0.3) is 0 Å². The summed E-state index contributed by atoms with van der Waals surface area (Å²) in [6.07, 6.45) is -5.02. The van der Waals surface area contributed by atoms with Crippen LogP contribution in [0, 0.1) is 0 Å². The van der Waals surface area contributed by atoms with Crippen LogP contribution in [-0.2, 0) is 60.6 Å². The normalized spacial score (nSPS) is 9.81. The van der Waals surface area contributed by atoms with Crippen LogP contribution in [0.1, 0.15) is 11.4 Å². The van der Waals surface area contributed by atoms with Gasteiger partial charge in [0, 0.05) is 12.4 Å². The van der Waals surface area contributed by atoms with E-state index >= 15 is 0 Å². The third kappa shape index (κ3) is 13.7. The topological polar surface area (TPSA) is 208 Å². The van der Waals surface area contributed by atoms with Crippen LogP contribution < -0.4 is 10.2 Å². The van der Waals surface area contributed by atoms with Crippen molar-refractivity contribution in [2.75, 3.05) is 0 Å². The number of hydrogen-bond acceptors (Lipinski definition) is 12. The Balaban J connectivity index is 0.000000426. The number of pyridine rings is 4. The van der Waals surface area contributed by atoms with Gasteiger partial charge >= 0.3 is 50.3 Å². The van der Waals surface area contributed by atoms with Gasteiger partial charge in [-0.05, 0) is 60.7 Å². The van der Waals surface area contributed by atoms with Gasteiger partial charge in [0.05, 0.1) is 34.2 Å². The first-order valence-electron chi connectivity index (χ1n) is 13.2. The van der Waals surface area contributed by atoms with Crippen LogP contribution in [0.5, 0.6) is 0 Å². The molecule has 6 aromatic rings. The molecule has 0 spiro atoms. The van der Waals surface area contributed by atoms with Crippen LogP contribution in [0.4, 0.5) is 26.3 Å². The van der Waals surface area contributed by atoms with E-state index in [1.165, 1.54) is 18.2 Å². The second kappa shape index (κ2) is 21.4. The van der Waals surface area contributed by atoms with Gasteiger partial charge in [-0.3, -0.25) is 15.0 Å². The average molecular weight is 812 g/mol. The summed E-state index contributed by atoms with van der Waals surface area (Å²) < 4.78 is 75.2. The molecule has 0 saturated carbocycles. The third-order valence-electron chi connectivity index (χ3n) is 5.54. The fourth-order valence-corrected chi connectivity index (χ4v) is 3.59. The third-order valence-corrected chi connectivity index (χ3v) is 5.54. The van der Waals surface area contributed by atoms with E-state index in [9.17, 15) is 26.3 Å². The maximum Gasteiger partial charge on any atom is 2.00 e. The zero-order valence-corrected chi connectivity index (χ0v) is 27.1. The largest absolute Gasteiger partial charge is 2.00 e. The molecule has 52 heavy (non-hydrogen) atoms. The SMILES string of the molecule is FC(F)(F)c1cc(-c2cccc(-c3cc(C(F)(F)F)n[n-]3)n2)[n-]n1.O=C=O.O=C=O.O=C=O.[Ru+2].c1ccc(-c2cccc(-c3ccccn3)n2)nc1. The quantitative estimate of drug-likeness (QED) is 0.176. The van der Waals surface area contributed by atoms with Crippen molar-refractivity contribution < 1.29 is 74.6 Å². The minimum Gasteiger partial charge on any atom is -0.573 e. The molecule has 6 rings (SSSR count). The van der Waals surface area contributed by atoms with Gasteiger partial charge in [-0.25, -0.2) is 4.98 Å². The zero-order chi connectivity index (χ0) is 37.9. The van der Waals surface area contributed by atoms with Crippen molar-refractivity contribution in [2.45, 2.75) is 12.4 Å². The number of aromatic nitrogens is 8. The van der Waals surface area contributed by atoms with Crippen molar-refractivity contribution >= 4 is 18.5 Å². The summed E-state index contributed by atoms with van der Waals surface area (Å²) in [5.41, 5.74) is 0.830. The molecular formula is C31H16F6N8O6Ru. The number of halogens is 6. The van der Waals surface area contributed by atoms with Gasteiger partial charge in [0.15, 0.2) is 0 Å². The first-order chi connectivity index (χ1) is 24.3. The summed E-state index contributed by atoms with van der Waals surface area (Å²) in [7, 11) is 0. The minimum atomic E-state index is -4.65. The molecule has 0 atom stereocenters. The summed E-state index contributed by atoms with van der Waals surface area (Å²) >= 11 is 0. The first-order valence-corrected chi connectivity index (χ1v) is 13.2. The molecule has 0 amide bonds. The van der Waals surface area contributed by atoms with Crippen molar-refractivity contribution in [2.24, 2.45) is 0 Å². The van der Waals surface area contributed by atoms with E-state index in [1.807, 2.05) is 54.6 Å². The van der Waals surface area contributed by atoms with Crippen molar-refractivity contribution in [1.29, 1.82) is 0 Å². The molecule has 0 unspecified atom stereocenters. The van der Waals surface area contributed by atoms with Gasteiger partial charge in [0.2, 0.25) is 0 Å². The molecule has 0 radical (unpaired) electrons. The first kappa shape index (κ1) is 43.4. The minimum absolute atomic E-state index is 0. The van der Waals surface area contributed by atoms with E-state index in [4.69, 9.17) is 28.8 Å². The van der Waals surface area contributed by atoms with E-state index in [0.29, 0.717) is 12.1 Å². The molecule has 0 aromatic carbocycles. The maximum atomic E-state index is 12.5. The Bertz CT molecular complexity index is 1930. The molecule has 0 bridgehead atoms. The molecule has 0 aliphatic carbocycles. The van der Waals surface area contributed by atoms with Crippen molar-refractivity contribution in [3.8, 4) is 45.6 Å². The van der Waals surface area contributed by atoms with Crippen LogP contribution in [-0.4, -0.2) is 48.6 Å². The van der Waals surface area contributed by atoms with E-state index in [1.54, 1.807) is 12.4 Å². The molecule has 0 N–H and O–H groups in total. The van der Waals surface area contributed by atoms with E-state index in [2.05, 4.69) is 40.3 Å². The van der Waals surface area contributed by atoms with E-state index in [-0.39, 0.29) is 60.7 Å². The Hall–Kier alpha value is -6.64. The number of carbonyl (C=O) groups excluding carboxylic acids is 6. The summed E-state index contributed by atoms with van der Waals surface area (Å²) in [5.74, 6) is 0. The van der Waals surface area contributed by atoms with Crippen LogP contribution in [0.15, 0.2) is 97.3 Å². The Kier molecular flexibility index (Phi) is 17.9. The van der Waals surface area contributed by atoms with E-state index in [0.717, 1.165) is 22.8 Å². The second-order valence-electron chi connectivity index (χ2n) is 8.72. The number of nitrogens with zero attached hydrogens (tertiary/aromatic N) is 8. The molecular weight excluding hydrogens is 795 g/mol. The Morgan fingerprint density at radius 2 is 0.769 bits per heavy atom. The van der Waals surface area contributed by atoms with Crippen molar-refractivity contribution in [1.82, 2.24) is 40.3 Å². The molecule has 0 aliphatic rings. The van der Waals surface area contributed by atoms with Crippen LogP contribution in [0.3, 0.4) is 0 Å². The molecule has 0 fully saturated rings. The Morgan fingerprint density at radius 3 is 1.06 bits per heavy atom. The maximum absolute atomic E-state index is 12.5. The van der Waals surface area contributed by atoms with Crippen molar-refractivity contribution in [3.05, 3.63) is 109 Å². The average Bonchev–Trinajstić information content (AvgIpc) is 3.83. The number of hydrogen-bond donors (Lipinski definition) is 0. The standard InChI is InChI=1S/C15H11N3.C13H5F6N5.3CO2.Ru/c1-3-10-16-12(6-1)14-8-5-9-15(18-14)13-7-2-4-11-17-13;14-12(15,16)10-4-8(21-23-10)6-2-1-3-7(20-6)9-5-11(24-22-9)13(17,18)19;3*2-1-3;/h1-11H;1-5H;;;;/q;-2;;;;+2. The van der Waals surface area contributed by atoms with Crippen LogP contribution in [0.2, 0.25) is 0 Å². The molecule has 21 heteroatoms. The second-order valence-corrected chi connectivity index (χ2v) is 8.72. The fraction of sp³-hybridized carbons (Fsp3) is 0.0645. The van der Waals surface area contributed by atoms with E-state index < -0.39 is 23.7 Å². The summed E-state index contributed by atoms with van der Waals surface area (Å²) in [5, 5.41) is 12.8. The number of alkyl halides is 6. The monoisotopic (exact) mass is 812 g/mol. The number of rotatable bonds is 4. The summed E-state index contributed by atoms with van der Waals surface area (Å²) in [4.78, 5) is 65.9. The molecule has 6 aromatic heterocycles. The van der Waals surface area contributed by atoms with Crippen LogP contribution in [0.25, 0.3) is 45.6 Å². The molecule has 0 aliphatic heterocycles. The Morgan fingerprint density at radius 1 is 0.462 bits per heavy atom. The Labute approximate surface area is 299 Å². The smallest absolute Gasteiger partial charge is 0.573 e. The molecule has 266 valence electrons. The van der Waals surface area contributed by atoms with Gasteiger partial charge in [-0.2, -0.15) is 55.1 Å². The van der Waals surface area contributed by atoms with Gasteiger partial charge in [0.1, 0.15) is 11.4 Å². The molecule has 6 heterocycles. The summed E-state index contributed by atoms with van der Waals surface area (Å²) in [6.45, 7) is 0. The molecule has 14 nitrogen and oxygen atoms in total. The zero-order valence-electron chi connectivity index (χ0n) is 25.4. The predicted octanol–water partition coefficient (Wildman–Crippen LogP) is 4.61. The van der Waals surface area contributed by atoms with Crippen molar-refractivity contribution in [3.63, 3.8) is 0 Å². The van der Waals surface area contributed by atoms with Gasteiger partial charge in [-0.15, -0.1) is 0 Å². The summed E-state index contributed by atoms with van der Waals surface area (Å²) in [6, 6.07) is 23.0.